The van der Waals surface area contributed by atoms with E-state index in [-0.39, 0.29) is 11.8 Å². The molecule has 0 radical (unpaired) electrons. The lowest BCUT2D eigenvalue weighted by Gasteiger charge is -2.36. The highest BCUT2D eigenvalue weighted by Crippen LogP contribution is 2.21. The van der Waals surface area contributed by atoms with Crippen molar-refractivity contribution in [2.75, 3.05) is 36.4 Å². The number of anilines is 2. The second kappa shape index (κ2) is 6.69. The van der Waals surface area contributed by atoms with Crippen LogP contribution in [0.3, 0.4) is 0 Å². The van der Waals surface area contributed by atoms with Gasteiger partial charge in [-0.15, -0.1) is 0 Å². The summed E-state index contributed by atoms with van der Waals surface area (Å²) >= 11 is 0. The monoisotopic (exact) mass is 313 g/mol. The van der Waals surface area contributed by atoms with Crippen LogP contribution in [0.4, 0.5) is 20.6 Å². The molecule has 0 unspecified atom stereocenters. The first kappa shape index (κ1) is 15.3. The maximum atomic E-state index is 12.9. The second-order valence-corrected chi connectivity index (χ2v) is 5.70. The molecule has 0 aliphatic carbocycles. The van der Waals surface area contributed by atoms with Crippen molar-refractivity contribution in [2.24, 2.45) is 0 Å². The van der Waals surface area contributed by atoms with Gasteiger partial charge < -0.3 is 15.1 Å². The van der Waals surface area contributed by atoms with Crippen LogP contribution in [0.1, 0.15) is 5.56 Å². The molecule has 2 aromatic carbocycles. The van der Waals surface area contributed by atoms with E-state index in [0.29, 0.717) is 18.8 Å². The zero-order valence-electron chi connectivity index (χ0n) is 13.1. The van der Waals surface area contributed by atoms with Gasteiger partial charge in [-0.05, 0) is 42.8 Å². The van der Waals surface area contributed by atoms with Crippen molar-refractivity contribution in [3.8, 4) is 0 Å². The molecule has 0 spiro atoms. The molecule has 1 aliphatic rings. The number of para-hydroxylation sites is 1. The predicted octanol–water partition coefficient (Wildman–Crippen LogP) is 3.49. The van der Waals surface area contributed by atoms with Crippen LogP contribution in [0.5, 0.6) is 0 Å². The van der Waals surface area contributed by atoms with Gasteiger partial charge in [0.25, 0.3) is 0 Å². The van der Waals surface area contributed by atoms with Gasteiger partial charge in [0.05, 0.1) is 0 Å². The summed E-state index contributed by atoms with van der Waals surface area (Å²) in [5.74, 6) is -0.310. The zero-order chi connectivity index (χ0) is 16.2. The molecule has 1 aliphatic heterocycles. The number of aryl methyl sites for hydroxylation is 1. The van der Waals surface area contributed by atoms with Gasteiger partial charge in [-0.1, -0.05) is 18.2 Å². The van der Waals surface area contributed by atoms with Crippen LogP contribution in [0, 0.1) is 12.7 Å². The quantitative estimate of drug-likeness (QED) is 0.921. The van der Waals surface area contributed by atoms with Crippen molar-refractivity contribution in [3.05, 3.63) is 59.9 Å². The molecule has 2 amide bonds. The Bertz CT molecular complexity index is 679. The number of halogens is 1. The van der Waals surface area contributed by atoms with Crippen LogP contribution >= 0.6 is 0 Å². The molecule has 1 saturated heterocycles. The third-order valence-electron chi connectivity index (χ3n) is 4.12. The van der Waals surface area contributed by atoms with E-state index in [1.54, 1.807) is 17.0 Å². The molecule has 0 atom stereocenters. The number of urea groups is 1. The van der Waals surface area contributed by atoms with Gasteiger partial charge in [0, 0.05) is 37.6 Å². The zero-order valence-corrected chi connectivity index (χ0v) is 13.1. The van der Waals surface area contributed by atoms with Gasteiger partial charge in [-0.2, -0.15) is 0 Å². The lowest BCUT2D eigenvalue weighted by atomic mass is 10.1. The van der Waals surface area contributed by atoms with Crippen molar-refractivity contribution < 1.29 is 9.18 Å². The molecule has 0 saturated carbocycles. The number of hydrogen-bond donors (Lipinski definition) is 1. The minimum atomic E-state index is -0.310. The molecule has 1 heterocycles. The van der Waals surface area contributed by atoms with E-state index >= 15 is 0 Å². The fourth-order valence-corrected chi connectivity index (χ4v) is 2.80. The Balaban J connectivity index is 1.57. The van der Waals surface area contributed by atoms with Gasteiger partial charge >= 0.3 is 6.03 Å². The first-order valence-electron chi connectivity index (χ1n) is 7.75. The van der Waals surface area contributed by atoms with Crippen molar-refractivity contribution in [1.29, 1.82) is 0 Å². The first-order chi connectivity index (χ1) is 11.1. The molecular formula is C18H20FN3O. The van der Waals surface area contributed by atoms with E-state index in [2.05, 4.69) is 29.3 Å². The molecular weight excluding hydrogens is 293 g/mol. The smallest absolute Gasteiger partial charge is 0.321 e. The summed E-state index contributed by atoms with van der Waals surface area (Å²) in [7, 11) is 0. The van der Waals surface area contributed by atoms with Gasteiger partial charge in [0.1, 0.15) is 5.82 Å². The highest BCUT2D eigenvalue weighted by molar-refractivity contribution is 5.89. The summed E-state index contributed by atoms with van der Waals surface area (Å²) < 4.78 is 12.9. The van der Waals surface area contributed by atoms with Crippen LogP contribution in [0.15, 0.2) is 48.5 Å². The maximum absolute atomic E-state index is 12.9. The van der Waals surface area contributed by atoms with E-state index in [1.807, 2.05) is 12.1 Å². The molecule has 3 rings (SSSR count). The average Bonchev–Trinajstić information content (AvgIpc) is 2.57. The Morgan fingerprint density at radius 1 is 1.00 bits per heavy atom. The summed E-state index contributed by atoms with van der Waals surface area (Å²) in [4.78, 5) is 16.4. The fraction of sp³-hybridized carbons (Fsp3) is 0.278. The van der Waals surface area contributed by atoms with E-state index in [4.69, 9.17) is 0 Å². The van der Waals surface area contributed by atoms with Crippen LogP contribution in [-0.4, -0.2) is 37.1 Å². The topological polar surface area (TPSA) is 35.6 Å². The van der Waals surface area contributed by atoms with Crippen LogP contribution in [0.2, 0.25) is 0 Å². The van der Waals surface area contributed by atoms with Crippen LogP contribution in [0.25, 0.3) is 0 Å². The highest BCUT2D eigenvalue weighted by atomic mass is 19.1. The van der Waals surface area contributed by atoms with E-state index < -0.39 is 0 Å². The number of amides is 2. The van der Waals surface area contributed by atoms with E-state index in [9.17, 15) is 9.18 Å². The number of carbonyl (C=O) groups is 1. The summed E-state index contributed by atoms with van der Waals surface area (Å²) in [5, 5.41) is 2.81. The molecule has 120 valence electrons. The molecule has 1 fully saturated rings. The summed E-state index contributed by atoms with van der Waals surface area (Å²) in [6.45, 7) is 5.05. The van der Waals surface area contributed by atoms with Crippen molar-refractivity contribution >= 4 is 17.4 Å². The molecule has 0 bridgehead atoms. The SMILES string of the molecule is Cc1ccccc1N1CCN(C(=O)Nc2ccc(F)cc2)CC1. The third-order valence-corrected chi connectivity index (χ3v) is 4.12. The Kier molecular flexibility index (Phi) is 4.46. The lowest BCUT2D eigenvalue weighted by Crippen LogP contribution is -2.50. The van der Waals surface area contributed by atoms with Crippen molar-refractivity contribution in [3.63, 3.8) is 0 Å². The molecule has 2 aromatic rings. The molecule has 0 aromatic heterocycles. The van der Waals surface area contributed by atoms with Crippen molar-refractivity contribution in [2.45, 2.75) is 6.92 Å². The number of piperazine rings is 1. The van der Waals surface area contributed by atoms with Gasteiger partial charge in [0.15, 0.2) is 0 Å². The van der Waals surface area contributed by atoms with Crippen LogP contribution < -0.4 is 10.2 Å². The summed E-state index contributed by atoms with van der Waals surface area (Å²) in [6, 6.07) is 14.0. The molecule has 5 heteroatoms. The second-order valence-electron chi connectivity index (χ2n) is 5.70. The predicted molar refractivity (Wildman–Crippen MR) is 90.4 cm³/mol. The Hall–Kier alpha value is -2.56. The van der Waals surface area contributed by atoms with Crippen molar-refractivity contribution in [1.82, 2.24) is 4.90 Å². The minimum Gasteiger partial charge on any atom is -0.368 e. The van der Waals surface area contributed by atoms with Crippen LogP contribution in [-0.2, 0) is 0 Å². The third kappa shape index (κ3) is 3.62. The molecule has 23 heavy (non-hydrogen) atoms. The highest BCUT2D eigenvalue weighted by Gasteiger charge is 2.21. The summed E-state index contributed by atoms with van der Waals surface area (Å²) in [5.41, 5.74) is 3.08. The summed E-state index contributed by atoms with van der Waals surface area (Å²) in [6.07, 6.45) is 0. The molecule has 1 N–H and O–H groups in total. The van der Waals surface area contributed by atoms with Gasteiger partial charge in [0.2, 0.25) is 0 Å². The number of nitrogens with one attached hydrogen (secondary N) is 1. The Labute approximate surface area is 135 Å². The largest absolute Gasteiger partial charge is 0.368 e. The van der Waals surface area contributed by atoms with E-state index in [1.165, 1.54) is 23.4 Å². The minimum absolute atomic E-state index is 0.138. The molecule has 4 nitrogen and oxygen atoms in total. The normalized spacial score (nSPS) is 14.7. The number of hydrogen-bond acceptors (Lipinski definition) is 2. The lowest BCUT2D eigenvalue weighted by molar-refractivity contribution is 0.208. The van der Waals surface area contributed by atoms with E-state index in [0.717, 1.165) is 13.1 Å². The van der Waals surface area contributed by atoms with Gasteiger partial charge in [-0.25, -0.2) is 9.18 Å². The Morgan fingerprint density at radius 2 is 1.65 bits per heavy atom. The number of rotatable bonds is 2. The standard InChI is InChI=1S/C18H20FN3O/c1-14-4-2-3-5-17(14)21-10-12-22(13-11-21)18(23)20-16-8-6-15(19)7-9-16/h2-9H,10-13H2,1H3,(H,20,23). The maximum Gasteiger partial charge on any atom is 0.321 e. The number of benzene rings is 2. The first-order valence-corrected chi connectivity index (χ1v) is 7.75. The average molecular weight is 313 g/mol. The number of carbonyl (C=O) groups excluding carboxylic acids is 1. The Morgan fingerprint density at radius 3 is 2.30 bits per heavy atom. The van der Waals surface area contributed by atoms with Gasteiger partial charge in [-0.3, -0.25) is 0 Å². The number of nitrogens with zero attached hydrogens (tertiary/aromatic N) is 2. The fourth-order valence-electron chi connectivity index (χ4n) is 2.80.